The molecule has 1 fully saturated rings. The quantitative estimate of drug-likeness (QED) is 0.743. The number of thiazole rings is 1. The molecule has 1 saturated heterocycles. The third-order valence-corrected chi connectivity index (χ3v) is 6.35. The maximum atomic E-state index is 12.6. The number of nitrogens with zero attached hydrogens (tertiary/aromatic N) is 3. The van der Waals surface area contributed by atoms with Crippen molar-refractivity contribution in [2.75, 3.05) is 37.6 Å². The van der Waals surface area contributed by atoms with Crippen molar-refractivity contribution in [2.45, 2.75) is 46.6 Å². The van der Waals surface area contributed by atoms with Crippen LogP contribution in [-0.4, -0.2) is 48.5 Å². The number of anilines is 1. The average Bonchev–Trinajstić information content (AvgIpc) is 2.96. The van der Waals surface area contributed by atoms with Crippen LogP contribution < -0.4 is 10.2 Å². The van der Waals surface area contributed by atoms with Crippen molar-refractivity contribution >= 4 is 22.4 Å². The Morgan fingerprint density at radius 3 is 2.55 bits per heavy atom. The predicted molar refractivity (Wildman–Crippen MR) is 122 cm³/mol. The molecule has 1 aromatic heterocycles. The number of hydrogen-bond donors (Lipinski definition) is 1. The zero-order valence-electron chi connectivity index (χ0n) is 18.1. The van der Waals surface area contributed by atoms with E-state index in [1.165, 1.54) is 5.56 Å². The van der Waals surface area contributed by atoms with Crippen molar-refractivity contribution in [3.63, 3.8) is 0 Å². The molecule has 1 aliphatic heterocycles. The Kier molecular flexibility index (Phi) is 7.67. The fourth-order valence-corrected chi connectivity index (χ4v) is 4.65. The van der Waals surface area contributed by atoms with Gasteiger partial charge >= 0.3 is 0 Å². The second kappa shape index (κ2) is 10.2. The molecule has 0 radical (unpaired) electrons. The molecule has 0 saturated carbocycles. The van der Waals surface area contributed by atoms with Crippen molar-refractivity contribution in [1.82, 2.24) is 15.2 Å². The Labute approximate surface area is 179 Å². The number of rotatable bonds is 7. The van der Waals surface area contributed by atoms with Crippen molar-refractivity contribution < 1.29 is 4.79 Å². The summed E-state index contributed by atoms with van der Waals surface area (Å²) in [7, 11) is 0. The van der Waals surface area contributed by atoms with Crippen LogP contribution in [0.3, 0.4) is 0 Å². The summed E-state index contributed by atoms with van der Waals surface area (Å²) in [5, 5.41) is 6.37. The Hall–Kier alpha value is -1.92. The van der Waals surface area contributed by atoms with Crippen LogP contribution in [0, 0.1) is 12.8 Å². The van der Waals surface area contributed by atoms with Gasteiger partial charge in [-0.1, -0.05) is 38.1 Å². The normalized spacial score (nSPS) is 16.7. The zero-order valence-corrected chi connectivity index (χ0v) is 19.0. The summed E-state index contributed by atoms with van der Waals surface area (Å²) in [5.74, 6) is 0.754. The average molecular weight is 415 g/mol. The first-order valence-electron chi connectivity index (χ1n) is 10.7. The van der Waals surface area contributed by atoms with E-state index in [0.717, 1.165) is 55.4 Å². The first-order chi connectivity index (χ1) is 13.9. The smallest absolute Gasteiger partial charge is 0.234 e. The van der Waals surface area contributed by atoms with Gasteiger partial charge in [0.2, 0.25) is 5.91 Å². The number of aromatic nitrogens is 1. The largest absolute Gasteiger partial charge is 0.348 e. The molecular weight excluding hydrogens is 380 g/mol. The standard InChI is InChI=1S/C23H34N4OS/c1-17(2)14-20-6-8-21(9-7-20)19(4)25-22(28)15-26-10-5-11-27(13-12-26)23-24-18(3)16-29-23/h6-9,16-17,19H,5,10-15H2,1-4H3,(H,25,28). The van der Waals surface area contributed by atoms with Crippen LogP contribution in [0.15, 0.2) is 29.6 Å². The topological polar surface area (TPSA) is 48.5 Å². The molecule has 6 heteroatoms. The van der Waals surface area contributed by atoms with Gasteiger partial charge in [-0.2, -0.15) is 0 Å². The lowest BCUT2D eigenvalue weighted by Gasteiger charge is -2.22. The minimum Gasteiger partial charge on any atom is -0.348 e. The summed E-state index contributed by atoms with van der Waals surface area (Å²) < 4.78 is 0. The van der Waals surface area contributed by atoms with E-state index in [0.29, 0.717) is 12.5 Å². The van der Waals surface area contributed by atoms with Gasteiger partial charge < -0.3 is 10.2 Å². The number of amides is 1. The lowest BCUT2D eigenvalue weighted by Crippen LogP contribution is -2.40. The number of carbonyl (C=O) groups is 1. The maximum absolute atomic E-state index is 12.6. The number of nitrogens with one attached hydrogen (secondary N) is 1. The summed E-state index contributed by atoms with van der Waals surface area (Å²) >= 11 is 1.71. The molecule has 3 rings (SSSR count). The minimum atomic E-state index is 0.0253. The molecule has 0 spiro atoms. The Morgan fingerprint density at radius 2 is 1.90 bits per heavy atom. The van der Waals surface area contributed by atoms with Gasteiger partial charge in [0.1, 0.15) is 0 Å². The Balaban J connectivity index is 1.47. The van der Waals surface area contributed by atoms with Gasteiger partial charge in [0.15, 0.2) is 5.13 Å². The highest BCUT2D eigenvalue weighted by molar-refractivity contribution is 7.13. The summed E-state index contributed by atoms with van der Waals surface area (Å²) in [6.07, 6.45) is 2.15. The molecule has 1 aromatic carbocycles. The third-order valence-electron chi connectivity index (χ3n) is 5.33. The van der Waals surface area contributed by atoms with Crippen LogP contribution in [0.4, 0.5) is 5.13 Å². The van der Waals surface area contributed by atoms with Gasteiger partial charge in [-0.25, -0.2) is 4.98 Å². The van der Waals surface area contributed by atoms with E-state index in [4.69, 9.17) is 0 Å². The number of carbonyl (C=O) groups excluding carboxylic acids is 1. The fraction of sp³-hybridized carbons (Fsp3) is 0.565. The molecule has 2 aromatic rings. The van der Waals surface area contributed by atoms with Crippen molar-refractivity contribution in [2.24, 2.45) is 5.92 Å². The van der Waals surface area contributed by atoms with E-state index >= 15 is 0 Å². The van der Waals surface area contributed by atoms with E-state index in [2.05, 4.69) is 70.5 Å². The molecule has 1 atom stereocenters. The van der Waals surface area contributed by atoms with E-state index in [1.54, 1.807) is 11.3 Å². The summed E-state index contributed by atoms with van der Waals surface area (Å²) in [6.45, 7) is 12.8. The predicted octanol–water partition coefficient (Wildman–Crippen LogP) is 4.04. The molecule has 158 valence electrons. The summed E-state index contributed by atoms with van der Waals surface area (Å²) in [6, 6.07) is 8.67. The van der Waals surface area contributed by atoms with Crippen molar-refractivity contribution in [1.29, 1.82) is 0 Å². The van der Waals surface area contributed by atoms with Gasteiger partial charge in [0, 0.05) is 31.6 Å². The second-order valence-corrected chi connectivity index (χ2v) is 9.35. The monoisotopic (exact) mass is 414 g/mol. The molecule has 0 bridgehead atoms. The molecule has 1 amide bonds. The molecule has 1 N–H and O–H groups in total. The second-order valence-electron chi connectivity index (χ2n) is 8.52. The fourth-order valence-electron chi connectivity index (χ4n) is 3.79. The lowest BCUT2D eigenvalue weighted by molar-refractivity contribution is -0.122. The van der Waals surface area contributed by atoms with Gasteiger partial charge in [-0.05, 0) is 43.7 Å². The molecule has 1 aliphatic rings. The first kappa shape index (κ1) is 21.8. The van der Waals surface area contributed by atoms with Crippen LogP contribution in [0.2, 0.25) is 0 Å². The zero-order chi connectivity index (χ0) is 20.8. The van der Waals surface area contributed by atoms with Crippen LogP contribution >= 0.6 is 11.3 Å². The van der Waals surface area contributed by atoms with E-state index in [9.17, 15) is 4.79 Å². The Morgan fingerprint density at radius 1 is 1.14 bits per heavy atom. The van der Waals surface area contributed by atoms with Crippen LogP contribution in [0.1, 0.15) is 50.1 Å². The molecule has 1 unspecified atom stereocenters. The van der Waals surface area contributed by atoms with Crippen LogP contribution in [-0.2, 0) is 11.2 Å². The van der Waals surface area contributed by atoms with Gasteiger partial charge in [-0.15, -0.1) is 11.3 Å². The number of benzene rings is 1. The molecule has 0 aliphatic carbocycles. The van der Waals surface area contributed by atoms with E-state index < -0.39 is 0 Å². The van der Waals surface area contributed by atoms with E-state index in [-0.39, 0.29) is 11.9 Å². The number of hydrogen-bond acceptors (Lipinski definition) is 5. The summed E-state index contributed by atoms with van der Waals surface area (Å²) in [4.78, 5) is 21.8. The highest BCUT2D eigenvalue weighted by Gasteiger charge is 2.19. The SMILES string of the molecule is Cc1csc(N2CCCN(CC(=O)NC(C)c3ccc(CC(C)C)cc3)CC2)n1. The minimum absolute atomic E-state index is 0.0253. The lowest BCUT2D eigenvalue weighted by atomic mass is 10.00. The molecule has 29 heavy (non-hydrogen) atoms. The summed E-state index contributed by atoms with van der Waals surface area (Å²) in [5.41, 5.74) is 3.59. The van der Waals surface area contributed by atoms with Crippen molar-refractivity contribution in [3.05, 3.63) is 46.5 Å². The van der Waals surface area contributed by atoms with Gasteiger partial charge in [-0.3, -0.25) is 9.69 Å². The van der Waals surface area contributed by atoms with Crippen LogP contribution in [0.5, 0.6) is 0 Å². The van der Waals surface area contributed by atoms with Gasteiger partial charge in [0.25, 0.3) is 0 Å². The third kappa shape index (κ3) is 6.54. The van der Waals surface area contributed by atoms with Gasteiger partial charge in [0.05, 0.1) is 18.3 Å². The maximum Gasteiger partial charge on any atom is 0.234 e. The molecular formula is C23H34N4OS. The molecule has 5 nitrogen and oxygen atoms in total. The van der Waals surface area contributed by atoms with E-state index in [1.807, 2.05) is 6.92 Å². The highest BCUT2D eigenvalue weighted by atomic mass is 32.1. The highest BCUT2D eigenvalue weighted by Crippen LogP contribution is 2.21. The Bertz CT molecular complexity index is 786. The molecule has 2 heterocycles. The first-order valence-corrected chi connectivity index (χ1v) is 11.6. The number of aryl methyl sites for hydroxylation is 1. The van der Waals surface area contributed by atoms with Crippen LogP contribution in [0.25, 0.3) is 0 Å². The van der Waals surface area contributed by atoms with Crippen molar-refractivity contribution in [3.8, 4) is 0 Å².